The van der Waals surface area contributed by atoms with Crippen molar-refractivity contribution in [3.8, 4) is 5.75 Å². The molecule has 0 saturated carbocycles. The topological polar surface area (TPSA) is 87.7 Å². The first-order valence-electron chi connectivity index (χ1n) is 11.3. The van der Waals surface area contributed by atoms with Crippen molar-refractivity contribution in [3.63, 3.8) is 0 Å². The lowest BCUT2D eigenvalue weighted by Crippen LogP contribution is -2.32. The van der Waals surface area contributed by atoms with Crippen LogP contribution >= 0.6 is 0 Å². The van der Waals surface area contributed by atoms with Gasteiger partial charge in [-0.2, -0.15) is 4.31 Å². The number of benzene rings is 3. The van der Waals surface area contributed by atoms with Gasteiger partial charge in [-0.3, -0.25) is 10.1 Å². The summed E-state index contributed by atoms with van der Waals surface area (Å²) in [5.74, 6) is 0.502. The number of rotatable bonds is 9. The molecule has 1 aliphatic heterocycles. The lowest BCUT2D eigenvalue weighted by atomic mass is 9.98. The van der Waals surface area contributed by atoms with Crippen LogP contribution in [-0.2, 0) is 14.8 Å². The van der Waals surface area contributed by atoms with Crippen LogP contribution in [-0.4, -0.2) is 45.4 Å². The number of amides is 1. The van der Waals surface area contributed by atoms with E-state index in [1.165, 1.54) is 10.4 Å². The maximum absolute atomic E-state index is 12.8. The third kappa shape index (κ3) is 5.64. The highest BCUT2D eigenvalue weighted by Crippen LogP contribution is 2.25. The first kappa shape index (κ1) is 23.9. The fraction of sp³-hybridized carbons (Fsp3) is 0.269. The first-order chi connectivity index (χ1) is 16.5. The molecule has 4 rings (SSSR count). The van der Waals surface area contributed by atoms with Gasteiger partial charge in [0.25, 0.3) is 0 Å². The number of hydrogen-bond acceptors (Lipinski definition) is 5. The highest BCUT2D eigenvalue weighted by atomic mass is 32.2. The summed E-state index contributed by atoms with van der Waals surface area (Å²) in [6.45, 7) is 1.12. The Kier molecular flexibility index (Phi) is 7.62. The van der Waals surface area contributed by atoms with Crippen molar-refractivity contribution in [1.29, 1.82) is 0 Å². The molecule has 3 aromatic rings. The first-order valence-corrected chi connectivity index (χ1v) is 12.7. The highest BCUT2D eigenvalue weighted by Gasteiger charge is 2.27. The molecular weight excluding hydrogens is 450 g/mol. The minimum Gasteiger partial charge on any atom is -0.497 e. The molecule has 1 saturated heterocycles. The van der Waals surface area contributed by atoms with Crippen LogP contribution in [0.25, 0.3) is 0 Å². The quantitative estimate of drug-likeness (QED) is 0.488. The highest BCUT2D eigenvalue weighted by molar-refractivity contribution is 7.89. The molecule has 1 fully saturated rings. The van der Waals surface area contributed by atoms with Crippen LogP contribution in [0.3, 0.4) is 0 Å². The van der Waals surface area contributed by atoms with E-state index in [4.69, 9.17) is 4.74 Å². The molecule has 3 aromatic carbocycles. The Morgan fingerprint density at radius 3 is 2.29 bits per heavy atom. The maximum atomic E-state index is 12.8. The molecule has 0 aliphatic carbocycles. The van der Waals surface area contributed by atoms with Gasteiger partial charge in [0.15, 0.2) is 0 Å². The van der Waals surface area contributed by atoms with Crippen LogP contribution < -0.4 is 15.4 Å². The number of sulfonamides is 1. The third-order valence-electron chi connectivity index (χ3n) is 5.87. The molecule has 1 amide bonds. The van der Waals surface area contributed by atoms with E-state index in [2.05, 4.69) is 10.6 Å². The number of nitrogens with one attached hydrogen (secondary N) is 2. The Labute approximate surface area is 200 Å². The van der Waals surface area contributed by atoms with E-state index in [1.54, 1.807) is 25.3 Å². The van der Waals surface area contributed by atoms with E-state index in [-0.39, 0.29) is 23.4 Å². The molecule has 2 N–H and O–H groups in total. The Bertz CT molecular complexity index is 1210. The van der Waals surface area contributed by atoms with Gasteiger partial charge >= 0.3 is 0 Å². The predicted octanol–water partition coefficient (Wildman–Crippen LogP) is 3.80. The van der Waals surface area contributed by atoms with Gasteiger partial charge in [0.1, 0.15) is 5.75 Å². The second kappa shape index (κ2) is 10.8. The number of anilines is 1. The summed E-state index contributed by atoms with van der Waals surface area (Å²) in [4.78, 5) is 12.9. The molecule has 0 unspecified atom stereocenters. The Morgan fingerprint density at radius 2 is 1.62 bits per heavy atom. The maximum Gasteiger partial charge on any atom is 0.243 e. The number of methoxy groups -OCH3 is 1. The smallest absolute Gasteiger partial charge is 0.243 e. The summed E-state index contributed by atoms with van der Waals surface area (Å²) >= 11 is 0. The van der Waals surface area contributed by atoms with Crippen LogP contribution in [0.2, 0.25) is 0 Å². The van der Waals surface area contributed by atoms with Gasteiger partial charge in [-0.1, -0.05) is 48.5 Å². The SMILES string of the molecule is COc1ccc([C@@H](NCC(=O)Nc2cccc(S(=O)(=O)N3CCCC3)c2)c2ccccc2)cc1. The zero-order chi connectivity index (χ0) is 24.0. The molecule has 1 heterocycles. The van der Waals surface area contributed by atoms with E-state index >= 15 is 0 Å². The molecule has 178 valence electrons. The molecule has 8 heteroatoms. The number of hydrogen-bond donors (Lipinski definition) is 2. The fourth-order valence-corrected chi connectivity index (χ4v) is 5.65. The Morgan fingerprint density at radius 1 is 0.941 bits per heavy atom. The van der Waals surface area contributed by atoms with E-state index < -0.39 is 10.0 Å². The van der Waals surface area contributed by atoms with Gasteiger partial charge in [0.2, 0.25) is 15.9 Å². The lowest BCUT2D eigenvalue weighted by Gasteiger charge is -2.20. The average molecular weight is 480 g/mol. The predicted molar refractivity (Wildman–Crippen MR) is 132 cm³/mol. The minimum absolute atomic E-state index is 0.0503. The van der Waals surface area contributed by atoms with E-state index in [1.807, 2.05) is 54.6 Å². The largest absolute Gasteiger partial charge is 0.497 e. The Hall–Kier alpha value is -3.20. The summed E-state index contributed by atoms with van der Waals surface area (Å²) in [5.41, 5.74) is 2.48. The van der Waals surface area contributed by atoms with Crippen molar-refractivity contribution < 1.29 is 17.9 Å². The summed E-state index contributed by atoms with van der Waals surface area (Å²) in [5, 5.41) is 6.14. The van der Waals surface area contributed by atoms with Crippen molar-refractivity contribution in [3.05, 3.63) is 90.0 Å². The molecule has 7 nitrogen and oxygen atoms in total. The van der Waals surface area contributed by atoms with Crippen molar-refractivity contribution >= 4 is 21.6 Å². The van der Waals surface area contributed by atoms with Crippen LogP contribution in [0, 0.1) is 0 Å². The van der Waals surface area contributed by atoms with Crippen molar-refractivity contribution in [2.45, 2.75) is 23.8 Å². The zero-order valence-electron chi connectivity index (χ0n) is 19.1. The molecule has 0 aromatic heterocycles. The van der Waals surface area contributed by atoms with Crippen LogP contribution in [0.4, 0.5) is 5.69 Å². The standard InChI is InChI=1S/C26H29N3O4S/c1-33-23-14-12-21(13-15-23)26(20-8-3-2-4-9-20)27-19-25(30)28-22-10-7-11-24(18-22)34(31,32)29-16-5-6-17-29/h2-4,7-15,18,26-27H,5-6,16-17,19H2,1H3,(H,28,30)/t26-/m0/s1. The number of ether oxygens (including phenoxy) is 1. The number of carbonyl (C=O) groups is 1. The third-order valence-corrected chi connectivity index (χ3v) is 7.76. The normalized spacial score (nSPS) is 15.1. The van der Waals surface area contributed by atoms with Crippen molar-refractivity contribution in [1.82, 2.24) is 9.62 Å². The number of carbonyl (C=O) groups excluding carboxylic acids is 1. The molecule has 1 atom stereocenters. The average Bonchev–Trinajstić information content (AvgIpc) is 3.41. The summed E-state index contributed by atoms with van der Waals surface area (Å²) in [6, 6.07) is 23.8. The zero-order valence-corrected chi connectivity index (χ0v) is 19.9. The second-order valence-corrected chi connectivity index (χ2v) is 10.1. The van der Waals surface area contributed by atoms with Gasteiger partial charge in [0.05, 0.1) is 24.6 Å². The second-order valence-electron chi connectivity index (χ2n) is 8.18. The van der Waals surface area contributed by atoms with Crippen LogP contribution in [0.5, 0.6) is 5.75 Å². The van der Waals surface area contributed by atoms with Gasteiger partial charge in [-0.05, 0) is 54.3 Å². The molecular formula is C26H29N3O4S. The minimum atomic E-state index is -3.54. The van der Waals surface area contributed by atoms with Crippen molar-refractivity contribution in [2.24, 2.45) is 0 Å². The van der Waals surface area contributed by atoms with Gasteiger partial charge in [-0.25, -0.2) is 8.42 Å². The fourth-order valence-electron chi connectivity index (χ4n) is 4.08. The van der Waals surface area contributed by atoms with Crippen LogP contribution in [0.15, 0.2) is 83.8 Å². The summed E-state index contributed by atoms with van der Waals surface area (Å²) in [7, 11) is -1.92. The van der Waals surface area contributed by atoms with E-state index in [0.29, 0.717) is 18.8 Å². The molecule has 34 heavy (non-hydrogen) atoms. The van der Waals surface area contributed by atoms with Gasteiger partial charge < -0.3 is 10.1 Å². The Balaban J connectivity index is 1.45. The monoisotopic (exact) mass is 479 g/mol. The van der Waals surface area contributed by atoms with E-state index in [9.17, 15) is 13.2 Å². The van der Waals surface area contributed by atoms with Crippen LogP contribution in [0.1, 0.15) is 30.0 Å². The summed E-state index contributed by atoms with van der Waals surface area (Å²) in [6.07, 6.45) is 1.75. The van der Waals surface area contributed by atoms with Gasteiger partial charge in [0, 0.05) is 18.8 Å². The molecule has 0 spiro atoms. The number of nitrogens with zero attached hydrogens (tertiary/aromatic N) is 1. The molecule has 0 bridgehead atoms. The van der Waals surface area contributed by atoms with Gasteiger partial charge in [-0.15, -0.1) is 0 Å². The lowest BCUT2D eigenvalue weighted by molar-refractivity contribution is -0.115. The van der Waals surface area contributed by atoms with Crippen molar-refractivity contribution in [2.75, 3.05) is 32.1 Å². The summed E-state index contributed by atoms with van der Waals surface area (Å²) < 4.78 is 32.4. The van der Waals surface area contributed by atoms with E-state index in [0.717, 1.165) is 29.7 Å². The molecule has 1 aliphatic rings. The molecule has 0 radical (unpaired) electrons.